The average Bonchev–Trinajstić information content (AvgIpc) is 2.49. The molecule has 0 rings (SSSR count). The van der Waals surface area contributed by atoms with Crippen LogP contribution < -0.4 is 0 Å². The Morgan fingerprint density at radius 2 is 1.09 bits per heavy atom. The molecule has 1 N–H and O–H groups in total. The Bertz CT molecular complexity index is 224. The monoisotopic (exact) mass is 314 g/mol. The largest absolute Gasteiger partial charge is 0.390 e. The SMILES string of the molecule is CCCCCCCCCCCCCC[N+](C)(C)C(CC)CO. The maximum Gasteiger partial charge on any atom is 0.112 e. The predicted molar refractivity (Wildman–Crippen MR) is 99.2 cm³/mol. The number of aliphatic hydroxyl groups excluding tert-OH is 1. The maximum absolute atomic E-state index is 9.44. The van der Waals surface area contributed by atoms with E-state index in [1.807, 2.05) is 0 Å². The lowest BCUT2D eigenvalue weighted by atomic mass is 10.0. The summed E-state index contributed by atoms with van der Waals surface area (Å²) in [5, 5.41) is 9.44. The molecule has 22 heavy (non-hydrogen) atoms. The lowest BCUT2D eigenvalue weighted by Crippen LogP contribution is -2.50. The van der Waals surface area contributed by atoms with Crippen LogP contribution >= 0.6 is 0 Å². The molecule has 0 radical (unpaired) electrons. The predicted octanol–water partition coefficient (Wildman–Crippen LogP) is 5.53. The smallest absolute Gasteiger partial charge is 0.112 e. The van der Waals surface area contributed by atoms with E-state index in [1.54, 1.807) is 0 Å². The van der Waals surface area contributed by atoms with Crippen LogP contribution in [-0.4, -0.2) is 42.9 Å². The van der Waals surface area contributed by atoms with Crippen molar-refractivity contribution in [1.82, 2.24) is 0 Å². The van der Waals surface area contributed by atoms with Gasteiger partial charge in [0.15, 0.2) is 0 Å². The molecule has 0 aromatic carbocycles. The highest BCUT2D eigenvalue weighted by atomic mass is 16.3. The lowest BCUT2D eigenvalue weighted by Gasteiger charge is -2.36. The first-order valence-electron chi connectivity index (χ1n) is 10.0. The van der Waals surface area contributed by atoms with E-state index in [4.69, 9.17) is 0 Å². The summed E-state index contributed by atoms with van der Waals surface area (Å²) in [4.78, 5) is 0. The van der Waals surface area contributed by atoms with Gasteiger partial charge in [-0.1, -0.05) is 78.1 Å². The van der Waals surface area contributed by atoms with Crippen LogP contribution in [0.1, 0.15) is 97.3 Å². The summed E-state index contributed by atoms with van der Waals surface area (Å²) in [6, 6.07) is 0.410. The molecule has 0 aliphatic carbocycles. The zero-order valence-corrected chi connectivity index (χ0v) is 16.1. The minimum atomic E-state index is 0.321. The van der Waals surface area contributed by atoms with Gasteiger partial charge in [-0.2, -0.15) is 0 Å². The van der Waals surface area contributed by atoms with Gasteiger partial charge in [0, 0.05) is 0 Å². The molecule has 0 amide bonds. The number of quaternary nitrogens is 1. The molecular weight excluding hydrogens is 270 g/mol. The standard InChI is InChI=1S/C20H44NO/c1-5-7-8-9-10-11-12-13-14-15-16-17-18-21(3,4)20(6-2)19-22/h20,22H,5-19H2,1-4H3/q+1. The van der Waals surface area contributed by atoms with Crippen LogP contribution in [0.3, 0.4) is 0 Å². The van der Waals surface area contributed by atoms with Crippen molar-refractivity contribution in [3.8, 4) is 0 Å². The van der Waals surface area contributed by atoms with E-state index < -0.39 is 0 Å². The molecule has 0 aliphatic heterocycles. The van der Waals surface area contributed by atoms with Gasteiger partial charge in [0.2, 0.25) is 0 Å². The fourth-order valence-electron chi connectivity index (χ4n) is 3.39. The summed E-state index contributed by atoms with van der Waals surface area (Å²) in [5.74, 6) is 0. The van der Waals surface area contributed by atoms with Gasteiger partial charge in [0.25, 0.3) is 0 Å². The van der Waals surface area contributed by atoms with Crippen LogP contribution in [0.4, 0.5) is 0 Å². The van der Waals surface area contributed by atoms with Crippen molar-refractivity contribution in [1.29, 1.82) is 0 Å². The van der Waals surface area contributed by atoms with Crippen LogP contribution in [0.15, 0.2) is 0 Å². The Morgan fingerprint density at radius 1 is 0.682 bits per heavy atom. The van der Waals surface area contributed by atoms with Gasteiger partial charge < -0.3 is 9.59 Å². The summed E-state index contributed by atoms with van der Waals surface area (Å²) < 4.78 is 0.977. The second-order valence-electron chi connectivity index (χ2n) is 7.64. The summed E-state index contributed by atoms with van der Waals surface area (Å²) in [7, 11) is 4.53. The van der Waals surface area contributed by atoms with E-state index in [-0.39, 0.29) is 0 Å². The van der Waals surface area contributed by atoms with Crippen LogP contribution in [0, 0.1) is 0 Å². The third kappa shape index (κ3) is 11.5. The van der Waals surface area contributed by atoms with E-state index in [0.29, 0.717) is 12.6 Å². The Hall–Kier alpha value is -0.0800. The van der Waals surface area contributed by atoms with E-state index >= 15 is 0 Å². The molecule has 1 unspecified atom stereocenters. The van der Waals surface area contributed by atoms with Gasteiger partial charge in [-0.15, -0.1) is 0 Å². The van der Waals surface area contributed by atoms with Crippen LogP contribution in [0.5, 0.6) is 0 Å². The Labute approximate surface area is 140 Å². The van der Waals surface area contributed by atoms with Crippen molar-refractivity contribution in [2.24, 2.45) is 0 Å². The first-order chi connectivity index (χ1) is 10.6. The van der Waals surface area contributed by atoms with Gasteiger partial charge in [-0.05, 0) is 19.3 Å². The second kappa shape index (κ2) is 14.5. The third-order valence-electron chi connectivity index (χ3n) is 5.26. The van der Waals surface area contributed by atoms with Gasteiger partial charge in [0.05, 0.1) is 27.2 Å². The summed E-state index contributed by atoms with van der Waals surface area (Å²) >= 11 is 0. The number of nitrogens with zero attached hydrogens (tertiary/aromatic N) is 1. The fraction of sp³-hybridized carbons (Fsp3) is 1.00. The van der Waals surface area contributed by atoms with Crippen molar-refractivity contribution in [2.75, 3.05) is 27.2 Å². The molecule has 0 aliphatic rings. The highest BCUT2D eigenvalue weighted by Gasteiger charge is 2.24. The summed E-state index contributed by atoms with van der Waals surface area (Å²) in [5.41, 5.74) is 0. The Morgan fingerprint density at radius 3 is 1.45 bits per heavy atom. The number of rotatable bonds is 16. The third-order valence-corrected chi connectivity index (χ3v) is 5.26. The zero-order valence-electron chi connectivity index (χ0n) is 16.1. The molecule has 0 bridgehead atoms. The lowest BCUT2D eigenvalue weighted by molar-refractivity contribution is -0.915. The van der Waals surface area contributed by atoms with Crippen molar-refractivity contribution in [2.45, 2.75) is 103 Å². The highest BCUT2D eigenvalue weighted by Crippen LogP contribution is 2.15. The first-order valence-corrected chi connectivity index (χ1v) is 10.0. The normalized spacial score (nSPS) is 13.5. The Balaban J connectivity index is 3.36. The fourth-order valence-corrected chi connectivity index (χ4v) is 3.39. The molecule has 0 heterocycles. The van der Waals surface area contributed by atoms with Crippen LogP contribution in [-0.2, 0) is 0 Å². The van der Waals surface area contributed by atoms with Crippen LogP contribution in [0.2, 0.25) is 0 Å². The van der Waals surface area contributed by atoms with Gasteiger partial charge in [0.1, 0.15) is 6.04 Å². The van der Waals surface area contributed by atoms with E-state index in [9.17, 15) is 5.11 Å². The summed E-state index contributed by atoms with van der Waals surface area (Å²) in [6.07, 6.45) is 18.0. The molecule has 134 valence electrons. The molecule has 0 aromatic heterocycles. The van der Waals surface area contributed by atoms with Gasteiger partial charge >= 0.3 is 0 Å². The van der Waals surface area contributed by atoms with Crippen molar-refractivity contribution < 1.29 is 9.59 Å². The van der Waals surface area contributed by atoms with E-state index in [0.717, 1.165) is 10.9 Å². The molecule has 0 saturated heterocycles. The first kappa shape index (κ1) is 21.9. The average molecular weight is 315 g/mol. The van der Waals surface area contributed by atoms with E-state index in [2.05, 4.69) is 27.9 Å². The van der Waals surface area contributed by atoms with E-state index in [1.165, 1.54) is 83.6 Å². The van der Waals surface area contributed by atoms with Gasteiger partial charge in [-0.25, -0.2) is 0 Å². The van der Waals surface area contributed by atoms with Crippen LogP contribution in [0.25, 0.3) is 0 Å². The minimum Gasteiger partial charge on any atom is -0.390 e. The molecule has 0 aromatic rings. The number of hydrogen-bond donors (Lipinski definition) is 1. The molecule has 1 atom stereocenters. The number of aliphatic hydroxyl groups is 1. The van der Waals surface area contributed by atoms with Crippen molar-refractivity contribution in [3.63, 3.8) is 0 Å². The van der Waals surface area contributed by atoms with Gasteiger partial charge in [-0.3, -0.25) is 0 Å². The maximum atomic E-state index is 9.44. The molecule has 0 saturated carbocycles. The second-order valence-corrected chi connectivity index (χ2v) is 7.64. The quantitative estimate of drug-likeness (QED) is 0.293. The molecule has 0 fully saturated rings. The van der Waals surface area contributed by atoms with Crippen molar-refractivity contribution in [3.05, 3.63) is 0 Å². The number of hydrogen-bond acceptors (Lipinski definition) is 1. The topological polar surface area (TPSA) is 20.2 Å². The Kier molecular flexibility index (Phi) is 14.5. The molecule has 2 heteroatoms. The molecular formula is C20H44NO+. The number of likely N-dealkylation sites (N-methyl/N-ethyl adjacent to an activating group) is 1. The summed E-state index contributed by atoms with van der Waals surface area (Å²) in [6.45, 7) is 5.99. The molecule has 0 spiro atoms. The molecule has 2 nitrogen and oxygen atoms in total. The minimum absolute atomic E-state index is 0.321. The zero-order chi connectivity index (χ0) is 16.7. The highest BCUT2D eigenvalue weighted by molar-refractivity contribution is 4.54. The van der Waals surface area contributed by atoms with Crippen molar-refractivity contribution >= 4 is 0 Å². The number of unbranched alkanes of at least 4 members (excludes halogenated alkanes) is 11.